The summed E-state index contributed by atoms with van der Waals surface area (Å²) < 4.78 is 21.9. The summed E-state index contributed by atoms with van der Waals surface area (Å²) in [6.45, 7) is 0. The molecule has 0 aromatic carbocycles. The van der Waals surface area contributed by atoms with Crippen LogP contribution in [0.25, 0.3) is 0 Å². The summed E-state index contributed by atoms with van der Waals surface area (Å²) >= 11 is 8.50. The van der Waals surface area contributed by atoms with Crippen molar-refractivity contribution in [2.24, 2.45) is 0 Å². The van der Waals surface area contributed by atoms with Gasteiger partial charge >= 0.3 is 0 Å². The van der Waals surface area contributed by atoms with Gasteiger partial charge in [0.15, 0.2) is 0 Å². The topological polar surface area (TPSA) is 47.0 Å². The van der Waals surface area contributed by atoms with Crippen LogP contribution < -0.4 is 0 Å². The molecular weight excluding hydrogens is 289 g/mol. The van der Waals surface area contributed by atoms with E-state index in [2.05, 4.69) is 20.9 Å². The maximum atomic E-state index is 10.9. The van der Waals surface area contributed by atoms with E-state index in [-0.39, 0.29) is 14.5 Å². The van der Waals surface area contributed by atoms with Crippen molar-refractivity contribution in [1.82, 2.24) is 4.98 Å². The molecule has 0 fully saturated rings. The fourth-order valence-corrected chi connectivity index (χ4v) is 2.88. The van der Waals surface area contributed by atoms with Crippen molar-refractivity contribution in [2.75, 3.05) is 0 Å². The molecule has 1 heterocycles. The second-order valence-corrected chi connectivity index (χ2v) is 5.54. The lowest BCUT2D eigenvalue weighted by Gasteiger charge is -1.99. The molecule has 7 heteroatoms. The Morgan fingerprint density at radius 3 is 2.50 bits per heavy atom. The zero-order valence-electron chi connectivity index (χ0n) is 5.46. The normalized spacial score (nSPS) is 11.6. The number of hydrogen-bond acceptors (Lipinski definition) is 3. The summed E-state index contributed by atoms with van der Waals surface area (Å²) in [6, 6.07) is 1.26. The van der Waals surface area contributed by atoms with Gasteiger partial charge in [0.05, 0.1) is 4.47 Å². The minimum absolute atomic E-state index is 0.0664. The Hall–Kier alpha value is 0.160. The van der Waals surface area contributed by atoms with E-state index in [0.717, 1.165) is 0 Å². The van der Waals surface area contributed by atoms with Crippen molar-refractivity contribution >= 4 is 47.3 Å². The number of rotatable bonds is 1. The molecule has 0 saturated carbocycles. The smallest absolute Gasteiger partial charge is 0.243 e. The van der Waals surface area contributed by atoms with Crippen molar-refractivity contribution in [3.05, 3.63) is 21.9 Å². The van der Waals surface area contributed by atoms with Crippen LogP contribution in [-0.4, -0.2) is 13.4 Å². The lowest BCUT2D eigenvalue weighted by molar-refractivity contribution is 0.609. The Morgan fingerprint density at radius 2 is 2.08 bits per heavy atom. The maximum Gasteiger partial charge on any atom is 0.262 e. The Labute approximate surface area is 87.3 Å². The predicted octanol–water partition coefficient (Wildman–Crippen LogP) is 2.42. The Balaban J connectivity index is 3.47. The van der Waals surface area contributed by atoms with Gasteiger partial charge < -0.3 is 0 Å². The van der Waals surface area contributed by atoms with Crippen molar-refractivity contribution in [1.29, 1.82) is 0 Å². The molecule has 0 aliphatic rings. The number of halogens is 3. The molecule has 1 aromatic heterocycles. The summed E-state index contributed by atoms with van der Waals surface area (Å²) in [7, 11) is 1.34. The van der Waals surface area contributed by atoms with Crippen molar-refractivity contribution in [3.8, 4) is 0 Å². The summed E-state index contributed by atoms with van der Waals surface area (Å²) in [5.74, 6) is 0. The molecule has 1 rings (SSSR count). The molecule has 0 aliphatic heterocycles. The molecule has 0 amide bonds. The van der Waals surface area contributed by atoms with Gasteiger partial charge in [0, 0.05) is 16.9 Å². The average molecular weight is 291 g/mol. The third-order valence-electron chi connectivity index (χ3n) is 1.07. The van der Waals surface area contributed by atoms with E-state index >= 15 is 0 Å². The van der Waals surface area contributed by atoms with E-state index in [9.17, 15) is 8.42 Å². The molecule has 0 spiro atoms. The van der Waals surface area contributed by atoms with Crippen LogP contribution in [0.5, 0.6) is 0 Å². The van der Waals surface area contributed by atoms with E-state index in [1.54, 1.807) is 0 Å². The molecule has 0 aliphatic carbocycles. The fraction of sp³-hybridized carbons (Fsp3) is 0. The van der Waals surface area contributed by atoms with Crippen LogP contribution in [0, 0.1) is 0 Å². The molecule has 0 N–H and O–H groups in total. The van der Waals surface area contributed by atoms with Gasteiger partial charge in [0.2, 0.25) is 0 Å². The first-order chi connectivity index (χ1) is 5.43. The average Bonchev–Trinajstić information content (AvgIpc) is 1.92. The molecule has 0 atom stereocenters. The van der Waals surface area contributed by atoms with E-state index in [0.29, 0.717) is 0 Å². The third-order valence-corrected chi connectivity index (χ3v) is 4.02. The highest BCUT2D eigenvalue weighted by Crippen LogP contribution is 2.29. The van der Waals surface area contributed by atoms with Gasteiger partial charge in [-0.2, -0.15) is 0 Å². The minimum atomic E-state index is -3.76. The molecule has 0 saturated heterocycles. The number of hydrogen-bond donors (Lipinski definition) is 0. The molecule has 0 radical (unpaired) electrons. The SMILES string of the molecule is O=S(=O)(Cl)c1ccnc(Cl)c1Br. The molecule has 0 unspecified atom stereocenters. The minimum Gasteiger partial charge on any atom is -0.243 e. The highest BCUT2D eigenvalue weighted by atomic mass is 79.9. The predicted molar refractivity (Wildman–Crippen MR) is 50.0 cm³/mol. The molecule has 0 bridgehead atoms. The van der Waals surface area contributed by atoms with Crippen molar-refractivity contribution in [3.63, 3.8) is 0 Å². The van der Waals surface area contributed by atoms with Crippen LogP contribution in [0.3, 0.4) is 0 Å². The highest BCUT2D eigenvalue weighted by molar-refractivity contribution is 9.10. The monoisotopic (exact) mass is 289 g/mol. The fourth-order valence-electron chi connectivity index (χ4n) is 0.590. The first-order valence-corrected chi connectivity index (χ1v) is 6.15. The maximum absolute atomic E-state index is 10.9. The van der Waals surface area contributed by atoms with Gasteiger partial charge in [-0.05, 0) is 22.0 Å². The number of nitrogens with zero attached hydrogens (tertiary/aromatic N) is 1. The summed E-state index contributed by atoms with van der Waals surface area (Å²) in [5, 5.41) is 0.0664. The lowest BCUT2D eigenvalue weighted by Crippen LogP contribution is -1.93. The Kier molecular flexibility index (Phi) is 2.98. The summed E-state index contributed by atoms with van der Waals surface area (Å²) in [5.41, 5.74) is 0. The van der Waals surface area contributed by atoms with Crippen LogP contribution in [0.15, 0.2) is 21.6 Å². The van der Waals surface area contributed by atoms with Crippen LogP contribution in [-0.2, 0) is 9.05 Å². The van der Waals surface area contributed by atoms with Crippen LogP contribution in [0.2, 0.25) is 5.15 Å². The van der Waals surface area contributed by atoms with Crippen molar-refractivity contribution < 1.29 is 8.42 Å². The molecule has 1 aromatic rings. The second kappa shape index (κ2) is 3.49. The van der Waals surface area contributed by atoms with Crippen LogP contribution >= 0.6 is 38.2 Å². The zero-order chi connectivity index (χ0) is 9.35. The van der Waals surface area contributed by atoms with E-state index in [1.165, 1.54) is 12.3 Å². The zero-order valence-corrected chi connectivity index (χ0v) is 9.37. The van der Waals surface area contributed by atoms with Crippen LogP contribution in [0.1, 0.15) is 0 Å². The molecule has 3 nitrogen and oxygen atoms in total. The molecular formula is C5H2BrCl2NO2S. The first kappa shape index (κ1) is 10.2. The van der Waals surface area contributed by atoms with E-state index in [1.807, 2.05) is 0 Å². The number of pyridine rings is 1. The number of aromatic nitrogens is 1. The van der Waals surface area contributed by atoms with Gasteiger partial charge in [0.25, 0.3) is 9.05 Å². The summed E-state index contributed by atoms with van der Waals surface area (Å²) in [4.78, 5) is 3.57. The van der Waals surface area contributed by atoms with E-state index in [4.69, 9.17) is 22.3 Å². The van der Waals surface area contributed by atoms with Gasteiger partial charge in [-0.25, -0.2) is 13.4 Å². The second-order valence-electron chi connectivity index (χ2n) is 1.85. The highest BCUT2D eigenvalue weighted by Gasteiger charge is 2.16. The van der Waals surface area contributed by atoms with Crippen molar-refractivity contribution in [2.45, 2.75) is 4.90 Å². The summed E-state index contributed by atoms with van der Waals surface area (Å²) in [6.07, 6.45) is 1.27. The van der Waals surface area contributed by atoms with E-state index < -0.39 is 9.05 Å². The third kappa shape index (κ3) is 2.10. The van der Waals surface area contributed by atoms with Gasteiger partial charge in [-0.15, -0.1) is 0 Å². The van der Waals surface area contributed by atoms with Gasteiger partial charge in [0.1, 0.15) is 10.0 Å². The largest absolute Gasteiger partial charge is 0.262 e. The lowest BCUT2D eigenvalue weighted by atomic mass is 10.5. The van der Waals surface area contributed by atoms with Crippen LogP contribution in [0.4, 0.5) is 0 Å². The first-order valence-electron chi connectivity index (χ1n) is 2.67. The quantitative estimate of drug-likeness (QED) is 0.589. The Morgan fingerprint density at radius 1 is 1.50 bits per heavy atom. The molecule has 12 heavy (non-hydrogen) atoms. The van der Waals surface area contributed by atoms with Gasteiger partial charge in [-0.3, -0.25) is 0 Å². The van der Waals surface area contributed by atoms with Gasteiger partial charge in [-0.1, -0.05) is 11.6 Å². The standard InChI is InChI=1S/C5H2BrCl2NO2S/c6-4-3(12(8,10)11)1-2-9-5(4)7/h1-2H. The molecule has 66 valence electrons. The Bertz CT molecular complexity index is 406.